The van der Waals surface area contributed by atoms with Gasteiger partial charge in [-0.05, 0) is 38.1 Å². The minimum atomic E-state index is -3.87. The maximum atomic E-state index is 12.7. The second kappa shape index (κ2) is 8.54. The van der Waals surface area contributed by atoms with E-state index in [0.29, 0.717) is 5.56 Å². The highest BCUT2D eigenvalue weighted by atomic mass is 32.2. The van der Waals surface area contributed by atoms with Gasteiger partial charge in [-0.2, -0.15) is 18.4 Å². The molecule has 1 heterocycles. The number of carbonyl (C=O) groups excluding carboxylic acids is 1. The molecule has 3 rings (SSSR count). The number of aryl methyl sites for hydroxylation is 2. The zero-order valence-electron chi connectivity index (χ0n) is 17.2. The first-order valence-electron chi connectivity index (χ1n) is 9.22. The summed E-state index contributed by atoms with van der Waals surface area (Å²) in [7, 11) is -0.633. The van der Waals surface area contributed by atoms with E-state index in [4.69, 9.17) is 4.42 Å². The van der Waals surface area contributed by atoms with Crippen LogP contribution in [0.5, 0.6) is 0 Å². The zero-order chi connectivity index (χ0) is 21.9. The molecule has 2 aromatic carbocycles. The summed E-state index contributed by atoms with van der Waals surface area (Å²) in [5, 5.41) is 4.14. The summed E-state index contributed by atoms with van der Waals surface area (Å²) in [5.41, 5.74) is 2.90. The zero-order valence-corrected chi connectivity index (χ0v) is 18.0. The van der Waals surface area contributed by atoms with Crippen molar-refractivity contribution in [2.24, 2.45) is 5.10 Å². The number of hydrogen-bond acceptors (Lipinski definition) is 5. The van der Waals surface area contributed by atoms with Crippen LogP contribution < -0.4 is 4.83 Å². The maximum absolute atomic E-state index is 12.7. The molecule has 1 N–H and O–H groups in total. The molecule has 3 aromatic rings. The number of amides is 1. The van der Waals surface area contributed by atoms with E-state index in [1.165, 1.54) is 23.1 Å². The lowest BCUT2D eigenvalue weighted by Crippen LogP contribution is -2.21. The largest absolute Gasteiger partial charge is 0.449 e. The lowest BCUT2D eigenvalue weighted by atomic mass is 10.1. The van der Waals surface area contributed by atoms with Crippen LogP contribution in [0.3, 0.4) is 0 Å². The van der Waals surface area contributed by atoms with Crippen molar-refractivity contribution < 1.29 is 17.6 Å². The van der Waals surface area contributed by atoms with Crippen LogP contribution in [0.2, 0.25) is 0 Å². The normalized spacial score (nSPS) is 11.9. The van der Waals surface area contributed by atoms with Gasteiger partial charge in [0.2, 0.25) is 0 Å². The van der Waals surface area contributed by atoms with E-state index in [1.54, 1.807) is 32.3 Å². The Bertz CT molecular complexity index is 1180. The molecular weight excluding hydrogens is 402 g/mol. The van der Waals surface area contributed by atoms with Gasteiger partial charge < -0.3 is 9.32 Å². The molecule has 0 aliphatic carbocycles. The second-order valence-electron chi connectivity index (χ2n) is 7.10. The Hall–Kier alpha value is -3.39. The molecule has 0 bridgehead atoms. The molecule has 0 aliphatic rings. The highest BCUT2D eigenvalue weighted by molar-refractivity contribution is 7.89. The number of sulfonamides is 1. The van der Waals surface area contributed by atoms with Gasteiger partial charge in [0.25, 0.3) is 15.9 Å². The number of hydrazone groups is 1. The van der Waals surface area contributed by atoms with Gasteiger partial charge in [0.1, 0.15) is 5.71 Å². The van der Waals surface area contributed by atoms with Gasteiger partial charge in [-0.1, -0.05) is 47.5 Å². The van der Waals surface area contributed by atoms with Crippen LogP contribution in [0.1, 0.15) is 33.0 Å². The molecule has 0 atom stereocenters. The summed E-state index contributed by atoms with van der Waals surface area (Å²) in [6.07, 6.45) is 0. The van der Waals surface area contributed by atoms with Crippen LogP contribution in [0.4, 0.5) is 0 Å². The molecule has 0 radical (unpaired) electrons. The summed E-state index contributed by atoms with van der Waals surface area (Å²) in [4.78, 5) is 15.9. The van der Waals surface area contributed by atoms with Gasteiger partial charge in [-0.25, -0.2) is 0 Å². The molecule has 0 saturated carbocycles. The SMILES string of the molecule is Cc1ccc(/C(=N\NS(=O)(=O)c2ccc(C)cc2)c2ccc(C(=O)N(C)C)o2)cc1. The minimum Gasteiger partial charge on any atom is -0.449 e. The average Bonchev–Trinajstić information content (AvgIpc) is 3.19. The Balaban J connectivity index is 2.01. The molecule has 0 aliphatic heterocycles. The van der Waals surface area contributed by atoms with E-state index >= 15 is 0 Å². The van der Waals surface area contributed by atoms with Crippen molar-refractivity contribution in [2.45, 2.75) is 18.7 Å². The summed E-state index contributed by atoms with van der Waals surface area (Å²) >= 11 is 0. The van der Waals surface area contributed by atoms with Crippen molar-refractivity contribution in [3.63, 3.8) is 0 Å². The number of benzene rings is 2. The molecule has 156 valence electrons. The molecule has 1 aromatic heterocycles. The van der Waals surface area contributed by atoms with E-state index in [-0.39, 0.29) is 28.0 Å². The summed E-state index contributed by atoms with van der Waals surface area (Å²) < 4.78 is 31.0. The molecule has 8 heteroatoms. The molecule has 0 fully saturated rings. The highest BCUT2D eigenvalue weighted by Gasteiger charge is 2.19. The smallest absolute Gasteiger partial charge is 0.289 e. The minimum absolute atomic E-state index is 0.100. The molecule has 0 saturated heterocycles. The number of furan rings is 1. The lowest BCUT2D eigenvalue weighted by Gasteiger charge is -2.09. The van der Waals surface area contributed by atoms with Gasteiger partial charge in [0.05, 0.1) is 4.90 Å². The first-order valence-corrected chi connectivity index (χ1v) is 10.7. The van der Waals surface area contributed by atoms with E-state index < -0.39 is 10.0 Å². The summed E-state index contributed by atoms with van der Waals surface area (Å²) in [6.45, 7) is 3.82. The maximum Gasteiger partial charge on any atom is 0.289 e. The van der Waals surface area contributed by atoms with Gasteiger partial charge in [0.15, 0.2) is 11.5 Å². The number of carbonyl (C=O) groups is 1. The van der Waals surface area contributed by atoms with E-state index in [0.717, 1.165) is 11.1 Å². The molecule has 7 nitrogen and oxygen atoms in total. The first kappa shape index (κ1) is 21.3. The predicted octanol–water partition coefficient (Wildman–Crippen LogP) is 3.33. The predicted molar refractivity (Wildman–Crippen MR) is 115 cm³/mol. The van der Waals surface area contributed by atoms with Crippen molar-refractivity contribution >= 4 is 21.6 Å². The summed E-state index contributed by atoms with van der Waals surface area (Å²) in [6, 6.07) is 17.0. The molecular formula is C22H23N3O4S. The third-order valence-electron chi connectivity index (χ3n) is 4.39. The third-order valence-corrected chi connectivity index (χ3v) is 5.61. The van der Waals surface area contributed by atoms with Crippen molar-refractivity contribution in [1.29, 1.82) is 0 Å². The Kier molecular flexibility index (Phi) is 6.07. The van der Waals surface area contributed by atoms with E-state index in [9.17, 15) is 13.2 Å². The number of rotatable bonds is 6. The van der Waals surface area contributed by atoms with Crippen molar-refractivity contribution in [3.05, 3.63) is 88.9 Å². The highest BCUT2D eigenvalue weighted by Crippen LogP contribution is 2.17. The Morgan fingerprint density at radius 1 is 0.867 bits per heavy atom. The standard InChI is InChI=1S/C22H23N3O4S/c1-15-5-9-17(10-6-15)21(19-13-14-20(29-19)22(26)25(3)4)23-24-30(27,28)18-11-7-16(2)8-12-18/h5-14,24H,1-4H3/b23-21+. The molecule has 1 amide bonds. The fourth-order valence-electron chi connectivity index (χ4n) is 2.65. The Morgan fingerprint density at radius 2 is 1.40 bits per heavy atom. The van der Waals surface area contributed by atoms with Crippen molar-refractivity contribution in [2.75, 3.05) is 14.1 Å². The van der Waals surface area contributed by atoms with Crippen LogP contribution in [0, 0.1) is 13.8 Å². The third kappa shape index (κ3) is 4.77. The fraction of sp³-hybridized carbons (Fsp3) is 0.182. The molecule has 0 unspecified atom stereocenters. The molecule has 30 heavy (non-hydrogen) atoms. The van der Waals surface area contributed by atoms with E-state index in [2.05, 4.69) is 9.93 Å². The van der Waals surface area contributed by atoms with Crippen molar-refractivity contribution in [3.8, 4) is 0 Å². The van der Waals surface area contributed by atoms with Gasteiger partial charge in [0, 0.05) is 19.7 Å². The van der Waals surface area contributed by atoms with Gasteiger partial charge in [-0.3, -0.25) is 4.79 Å². The Labute approximate surface area is 176 Å². The van der Waals surface area contributed by atoms with Crippen LogP contribution >= 0.6 is 0 Å². The van der Waals surface area contributed by atoms with Gasteiger partial charge >= 0.3 is 0 Å². The first-order chi connectivity index (χ1) is 14.2. The average molecular weight is 426 g/mol. The number of nitrogens with zero attached hydrogens (tertiary/aromatic N) is 2. The van der Waals surface area contributed by atoms with Crippen LogP contribution in [0.25, 0.3) is 0 Å². The molecule has 0 spiro atoms. The summed E-state index contributed by atoms with van der Waals surface area (Å²) in [5.74, 6) is 0.108. The number of hydrogen-bond donors (Lipinski definition) is 1. The Morgan fingerprint density at radius 3 is 1.97 bits per heavy atom. The van der Waals surface area contributed by atoms with Crippen molar-refractivity contribution in [1.82, 2.24) is 9.73 Å². The lowest BCUT2D eigenvalue weighted by molar-refractivity contribution is 0.0796. The van der Waals surface area contributed by atoms with Crippen LogP contribution in [-0.2, 0) is 10.0 Å². The fourth-order valence-corrected chi connectivity index (χ4v) is 3.46. The van der Waals surface area contributed by atoms with Gasteiger partial charge in [-0.15, -0.1) is 0 Å². The number of nitrogens with one attached hydrogen (secondary N) is 1. The second-order valence-corrected chi connectivity index (χ2v) is 8.76. The monoisotopic (exact) mass is 425 g/mol. The van der Waals surface area contributed by atoms with E-state index in [1.807, 2.05) is 38.1 Å². The topological polar surface area (TPSA) is 92.0 Å². The van der Waals surface area contributed by atoms with Crippen LogP contribution in [-0.4, -0.2) is 39.0 Å². The quantitative estimate of drug-likeness (QED) is 0.484. The van der Waals surface area contributed by atoms with Crippen LogP contribution in [0.15, 0.2) is 75.1 Å².